The lowest BCUT2D eigenvalue weighted by Crippen LogP contribution is -2.55. The highest BCUT2D eigenvalue weighted by atomic mass is 32.1. The van der Waals surface area contributed by atoms with Crippen molar-refractivity contribution in [1.29, 1.82) is 0 Å². The van der Waals surface area contributed by atoms with Gasteiger partial charge >= 0.3 is 0 Å². The molecule has 0 spiro atoms. The van der Waals surface area contributed by atoms with Gasteiger partial charge in [-0.05, 0) is 39.7 Å². The van der Waals surface area contributed by atoms with Crippen molar-refractivity contribution in [2.24, 2.45) is 5.73 Å². The average Bonchev–Trinajstić information content (AvgIpc) is 3.26. The van der Waals surface area contributed by atoms with Crippen LogP contribution < -0.4 is 25.8 Å². The van der Waals surface area contributed by atoms with Crippen molar-refractivity contribution in [1.82, 2.24) is 10.3 Å². The fourth-order valence-electron chi connectivity index (χ4n) is 4.34. The highest BCUT2D eigenvalue weighted by Crippen LogP contribution is 2.46. The molecule has 2 aromatic heterocycles. The maximum absolute atomic E-state index is 12.4. The Hall–Kier alpha value is -2.36. The number of thiazole rings is 1. The number of nitrogens with two attached hydrogens (primary N) is 1. The van der Waals surface area contributed by atoms with Gasteiger partial charge in [-0.3, -0.25) is 4.79 Å². The van der Waals surface area contributed by atoms with Gasteiger partial charge in [0.1, 0.15) is 5.00 Å². The Balaban J connectivity index is 1.58. The second-order valence-electron chi connectivity index (χ2n) is 8.61. The van der Waals surface area contributed by atoms with E-state index in [1.54, 1.807) is 11.3 Å². The van der Waals surface area contributed by atoms with E-state index in [2.05, 4.69) is 43.3 Å². The number of anilines is 2. The van der Waals surface area contributed by atoms with Gasteiger partial charge in [0.2, 0.25) is 6.79 Å². The molecule has 2 aliphatic rings. The Morgan fingerprint density at radius 2 is 1.93 bits per heavy atom. The van der Waals surface area contributed by atoms with Crippen LogP contribution in [0, 0.1) is 0 Å². The molecule has 0 aliphatic carbocycles. The maximum Gasteiger partial charge on any atom is 0.251 e. The Morgan fingerprint density at radius 3 is 2.66 bits per heavy atom. The van der Waals surface area contributed by atoms with Crippen LogP contribution in [0.15, 0.2) is 12.1 Å². The van der Waals surface area contributed by atoms with Crippen LogP contribution in [0.5, 0.6) is 11.5 Å². The number of benzene rings is 1. The molecule has 4 N–H and O–H groups in total. The number of ether oxygens (including phenoxy) is 2. The van der Waals surface area contributed by atoms with E-state index in [1.165, 1.54) is 11.3 Å². The monoisotopic (exact) mass is 430 g/mol. The van der Waals surface area contributed by atoms with E-state index in [1.807, 2.05) is 12.1 Å². The van der Waals surface area contributed by atoms with Crippen LogP contribution in [-0.4, -0.2) is 23.2 Å². The van der Waals surface area contributed by atoms with Crippen LogP contribution in [0.1, 0.15) is 48.5 Å². The van der Waals surface area contributed by atoms with E-state index in [-0.39, 0.29) is 17.9 Å². The van der Waals surface area contributed by atoms with Gasteiger partial charge in [-0.15, -0.1) is 11.3 Å². The second-order valence-corrected chi connectivity index (χ2v) is 10.7. The fourth-order valence-corrected chi connectivity index (χ4v) is 6.57. The van der Waals surface area contributed by atoms with Gasteiger partial charge in [0, 0.05) is 28.1 Å². The summed E-state index contributed by atoms with van der Waals surface area (Å²) < 4.78 is 11.9. The van der Waals surface area contributed by atoms with Crippen molar-refractivity contribution < 1.29 is 14.3 Å². The Kier molecular flexibility index (Phi) is 3.90. The number of hydrogen-bond acceptors (Lipinski definition) is 8. The number of amides is 1. The third kappa shape index (κ3) is 3.04. The highest BCUT2D eigenvalue weighted by Gasteiger charge is 2.41. The molecule has 0 saturated carbocycles. The van der Waals surface area contributed by atoms with E-state index in [4.69, 9.17) is 15.2 Å². The number of primary amides is 1. The Morgan fingerprint density at radius 1 is 1.21 bits per heavy atom. The summed E-state index contributed by atoms with van der Waals surface area (Å²) in [6.45, 7) is 8.79. The molecule has 152 valence electrons. The molecule has 0 atom stereocenters. The number of fused-ring (bicyclic) bond motifs is 3. The molecule has 3 aromatic rings. The summed E-state index contributed by atoms with van der Waals surface area (Å²) in [5, 5.41) is 8.47. The minimum atomic E-state index is -0.416. The van der Waals surface area contributed by atoms with E-state index < -0.39 is 5.91 Å². The van der Waals surface area contributed by atoms with Gasteiger partial charge in [-0.25, -0.2) is 4.98 Å². The summed E-state index contributed by atoms with van der Waals surface area (Å²) in [6.07, 6.45) is 0.740. The molecular weight excluding hydrogens is 408 g/mol. The summed E-state index contributed by atoms with van der Waals surface area (Å²) >= 11 is 3.07. The van der Waals surface area contributed by atoms with Crippen molar-refractivity contribution in [3.8, 4) is 11.5 Å². The van der Waals surface area contributed by atoms with Gasteiger partial charge < -0.3 is 25.8 Å². The maximum atomic E-state index is 12.4. The molecule has 1 aromatic carbocycles. The molecule has 7 nitrogen and oxygen atoms in total. The zero-order chi connectivity index (χ0) is 20.6. The zero-order valence-electron chi connectivity index (χ0n) is 16.6. The molecule has 1 amide bonds. The lowest BCUT2D eigenvalue weighted by molar-refractivity contribution is 0.0999. The highest BCUT2D eigenvalue weighted by molar-refractivity contribution is 7.23. The second kappa shape index (κ2) is 6.07. The predicted molar refractivity (Wildman–Crippen MR) is 116 cm³/mol. The van der Waals surface area contributed by atoms with Gasteiger partial charge in [0.15, 0.2) is 16.6 Å². The number of aromatic nitrogens is 1. The quantitative estimate of drug-likeness (QED) is 0.579. The standard InChI is InChI=1S/C20H22N4O3S2/c1-19(2)7-9-14(16(21)25)17(29-15(9)20(3,4)24-19)23-18-22-10-5-11-12(27-8-26-11)6-13(10)28-18/h5-6,24H,7-8H2,1-4H3,(H2,21,25)(H,22,23). The van der Waals surface area contributed by atoms with Gasteiger partial charge in [0.05, 0.1) is 15.8 Å². The number of thiophene rings is 1. The summed E-state index contributed by atoms with van der Waals surface area (Å²) in [5.41, 5.74) is 7.85. The number of hydrogen-bond donors (Lipinski definition) is 3. The van der Waals surface area contributed by atoms with Crippen molar-refractivity contribution in [3.05, 3.63) is 28.1 Å². The first kappa shape index (κ1) is 18.7. The molecule has 0 unspecified atom stereocenters. The van der Waals surface area contributed by atoms with Crippen LogP contribution in [-0.2, 0) is 12.0 Å². The van der Waals surface area contributed by atoms with Crippen molar-refractivity contribution in [3.63, 3.8) is 0 Å². The molecule has 0 saturated heterocycles. The minimum Gasteiger partial charge on any atom is -0.454 e. The molecule has 9 heteroatoms. The first-order valence-electron chi connectivity index (χ1n) is 9.35. The Labute approximate surface area is 176 Å². The molecule has 0 fully saturated rings. The van der Waals surface area contributed by atoms with E-state index in [9.17, 15) is 4.79 Å². The predicted octanol–water partition coefficient (Wildman–Crippen LogP) is 4.09. The number of rotatable bonds is 3. The fraction of sp³-hybridized carbons (Fsp3) is 0.400. The van der Waals surface area contributed by atoms with E-state index in [0.29, 0.717) is 16.4 Å². The minimum absolute atomic E-state index is 0.129. The van der Waals surface area contributed by atoms with E-state index >= 15 is 0 Å². The SMILES string of the molecule is CC1(C)Cc2c(sc(Nc3nc4cc5c(cc4s3)OCO5)c2C(N)=O)C(C)(C)N1. The van der Waals surface area contributed by atoms with Crippen LogP contribution in [0.2, 0.25) is 0 Å². The lowest BCUT2D eigenvalue weighted by Gasteiger charge is -2.42. The van der Waals surface area contributed by atoms with Crippen LogP contribution in [0.25, 0.3) is 10.2 Å². The van der Waals surface area contributed by atoms with Gasteiger partial charge in [-0.2, -0.15) is 0 Å². The van der Waals surface area contributed by atoms with Crippen LogP contribution in [0.4, 0.5) is 10.1 Å². The summed E-state index contributed by atoms with van der Waals surface area (Å²) in [5.74, 6) is 1.02. The molecular formula is C20H22N4O3S2. The van der Waals surface area contributed by atoms with Crippen molar-refractivity contribution >= 4 is 48.9 Å². The summed E-state index contributed by atoms with van der Waals surface area (Å²) in [6, 6.07) is 3.81. The third-order valence-corrected chi connectivity index (χ3v) is 7.60. The smallest absolute Gasteiger partial charge is 0.251 e. The van der Waals surface area contributed by atoms with Gasteiger partial charge in [0.25, 0.3) is 5.91 Å². The van der Waals surface area contributed by atoms with Crippen molar-refractivity contribution in [2.75, 3.05) is 12.1 Å². The zero-order valence-corrected chi connectivity index (χ0v) is 18.3. The lowest BCUT2D eigenvalue weighted by atomic mass is 9.81. The third-order valence-electron chi connectivity index (χ3n) is 5.19. The molecule has 0 radical (unpaired) electrons. The molecule has 29 heavy (non-hydrogen) atoms. The van der Waals surface area contributed by atoms with Crippen molar-refractivity contribution in [2.45, 2.75) is 45.2 Å². The largest absolute Gasteiger partial charge is 0.454 e. The topological polar surface area (TPSA) is 98.5 Å². The molecule has 4 heterocycles. The van der Waals surface area contributed by atoms with Crippen LogP contribution >= 0.6 is 22.7 Å². The number of nitrogens with one attached hydrogen (secondary N) is 2. The summed E-state index contributed by atoms with van der Waals surface area (Å²) in [7, 11) is 0. The molecule has 0 bridgehead atoms. The first-order chi connectivity index (χ1) is 13.6. The average molecular weight is 431 g/mol. The molecule has 2 aliphatic heterocycles. The number of carbonyl (C=O) groups is 1. The van der Waals surface area contributed by atoms with Crippen LogP contribution in [0.3, 0.4) is 0 Å². The summed E-state index contributed by atoms with van der Waals surface area (Å²) in [4.78, 5) is 18.2. The number of nitrogens with zero attached hydrogens (tertiary/aromatic N) is 1. The first-order valence-corrected chi connectivity index (χ1v) is 11.0. The Bertz CT molecular complexity index is 1120. The van der Waals surface area contributed by atoms with Gasteiger partial charge in [-0.1, -0.05) is 11.3 Å². The van der Waals surface area contributed by atoms with E-state index in [0.717, 1.165) is 37.8 Å². The molecule has 5 rings (SSSR count). The normalized spacial score (nSPS) is 18.6. The number of carbonyl (C=O) groups excluding carboxylic acids is 1.